The van der Waals surface area contributed by atoms with Crippen molar-refractivity contribution in [3.05, 3.63) is 35.9 Å². The van der Waals surface area contributed by atoms with Gasteiger partial charge in [-0.15, -0.1) is 11.6 Å². The molecule has 0 bridgehead atoms. The predicted octanol–water partition coefficient (Wildman–Crippen LogP) is 9.33. The van der Waals surface area contributed by atoms with Crippen LogP contribution >= 0.6 is 11.6 Å². The van der Waals surface area contributed by atoms with Crippen molar-refractivity contribution in [2.75, 3.05) is 19.1 Å². The quantitative estimate of drug-likeness (QED) is 0.136. The largest absolute Gasteiger partial charge is 0.379 e. The average Bonchev–Trinajstić information content (AvgIpc) is 2.82. The van der Waals surface area contributed by atoms with Gasteiger partial charge in [-0.05, 0) is 24.8 Å². The summed E-state index contributed by atoms with van der Waals surface area (Å²) in [5, 5.41) is 0. The van der Waals surface area contributed by atoms with Crippen LogP contribution in [0.2, 0.25) is 0 Å². The van der Waals surface area contributed by atoms with Crippen molar-refractivity contribution in [2.24, 2.45) is 0 Å². The Morgan fingerprint density at radius 3 is 1.68 bits per heavy atom. The Labute approximate surface area is 199 Å². The predicted molar refractivity (Wildman–Crippen MR) is 138 cm³/mol. The van der Waals surface area contributed by atoms with Crippen LogP contribution in [-0.2, 0) is 16.1 Å². The highest BCUT2D eigenvalue weighted by Gasteiger charge is 2.07. The fourth-order valence-corrected chi connectivity index (χ4v) is 3.72. The summed E-state index contributed by atoms with van der Waals surface area (Å²) in [6.45, 7) is 8.43. The molecule has 0 fully saturated rings. The van der Waals surface area contributed by atoms with Gasteiger partial charge in [-0.1, -0.05) is 122 Å². The normalized spacial score (nSPS) is 11.7. The van der Waals surface area contributed by atoms with Gasteiger partial charge in [0.05, 0.1) is 19.3 Å². The second-order valence-electron chi connectivity index (χ2n) is 8.19. The second-order valence-corrected chi connectivity index (χ2v) is 8.56. The Hall–Kier alpha value is -0.570. The highest BCUT2D eigenvalue weighted by Crippen LogP contribution is 2.13. The Morgan fingerprint density at radius 2 is 1.19 bits per heavy atom. The third-order valence-corrected chi connectivity index (χ3v) is 5.78. The lowest BCUT2D eigenvalue weighted by Crippen LogP contribution is -2.19. The van der Waals surface area contributed by atoms with E-state index in [9.17, 15) is 0 Å². The van der Waals surface area contributed by atoms with Crippen LogP contribution in [0.15, 0.2) is 30.3 Å². The van der Waals surface area contributed by atoms with E-state index in [2.05, 4.69) is 31.2 Å². The molecule has 0 saturated carbocycles. The summed E-state index contributed by atoms with van der Waals surface area (Å²) in [5.74, 6) is 0.828. The third-order valence-electron chi connectivity index (χ3n) is 5.51. The zero-order valence-corrected chi connectivity index (χ0v) is 21.6. The van der Waals surface area contributed by atoms with Crippen LogP contribution in [0.25, 0.3) is 0 Å². The fraction of sp³-hybridized carbons (Fsp3) is 0.786. The zero-order valence-electron chi connectivity index (χ0n) is 20.9. The third kappa shape index (κ3) is 21.1. The number of rotatable bonds is 21. The van der Waals surface area contributed by atoms with Gasteiger partial charge in [-0.3, -0.25) is 0 Å². The molecule has 31 heavy (non-hydrogen) atoms. The van der Waals surface area contributed by atoms with E-state index in [1.54, 1.807) is 0 Å². The van der Waals surface area contributed by atoms with Gasteiger partial charge in [-0.2, -0.15) is 0 Å². The number of halogens is 1. The minimum Gasteiger partial charge on any atom is -0.379 e. The van der Waals surface area contributed by atoms with Gasteiger partial charge in [0.1, 0.15) is 0 Å². The smallest absolute Gasteiger partial charge is 0.0810 e. The molecule has 0 radical (unpaired) electrons. The fourth-order valence-electron chi connectivity index (χ4n) is 3.53. The first-order chi connectivity index (χ1) is 15.4. The van der Waals surface area contributed by atoms with Crippen LogP contribution in [0.4, 0.5) is 0 Å². The number of unbranched alkanes of at least 4 members (excludes halogenated alkanes) is 12. The molecular formula is C28H51ClO2. The average molecular weight is 455 g/mol. The molecule has 0 aliphatic rings. The van der Waals surface area contributed by atoms with E-state index in [4.69, 9.17) is 21.1 Å². The minimum atomic E-state index is 0.204. The summed E-state index contributed by atoms with van der Waals surface area (Å²) in [6, 6.07) is 10.4. The van der Waals surface area contributed by atoms with E-state index >= 15 is 0 Å². The monoisotopic (exact) mass is 454 g/mol. The lowest BCUT2D eigenvalue weighted by molar-refractivity contribution is -0.0269. The molecule has 1 unspecified atom stereocenters. The minimum absolute atomic E-state index is 0.204. The number of alkyl halides is 1. The molecule has 0 aliphatic heterocycles. The summed E-state index contributed by atoms with van der Waals surface area (Å²) in [5.41, 5.74) is 1.23. The van der Waals surface area contributed by atoms with Crippen molar-refractivity contribution in [3.8, 4) is 0 Å². The molecule has 3 heteroatoms. The molecule has 0 saturated heterocycles. The van der Waals surface area contributed by atoms with Gasteiger partial charge in [0.2, 0.25) is 0 Å². The molecule has 0 amide bonds. The number of benzene rings is 1. The van der Waals surface area contributed by atoms with Crippen molar-refractivity contribution in [2.45, 2.75) is 123 Å². The summed E-state index contributed by atoms with van der Waals surface area (Å²) < 4.78 is 11.8. The SMILES string of the molecule is CC.CCC(COCCCCCCCCCCCCCCCCl)OCc1ccccc1. The van der Waals surface area contributed by atoms with Gasteiger partial charge in [0, 0.05) is 12.5 Å². The highest BCUT2D eigenvalue weighted by molar-refractivity contribution is 6.17. The first kappa shape index (κ1) is 30.4. The van der Waals surface area contributed by atoms with Gasteiger partial charge in [0.25, 0.3) is 0 Å². The summed E-state index contributed by atoms with van der Waals surface area (Å²) in [6.07, 6.45) is 18.7. The first-order valence-electron chi connectivity index (χ1n) is 13.2. The van der Waals surface area contributed by atoms with Crippen molar-refractivity contribution < 1.29 is 9.47 Å². The van der Waals surface area contributed by atoms with Crippen LogP contribution in [0.5, 0.6) is 0 Å². The van der Waals surface area contributed by atoms with Crippen molar-refractivity contribution in [3.63, 3.8) is 0 Å². The van der Waals surface area contributed by atoms with Crippen LogP contribution in [0.1, 0.15) is 116 Å². The van der Waals surface area contributed by atoms with E-state index in [0.29, 0.717) is 6.61 Å². The van der Waals surface area contributed by atoms with Crippen LogP contribution in [-0.4, -0.2) is 25.2 Å². The molecule has 1 aromatic carbocycles. The molecule has 0 heterocycles. The maximum Gasteiger partial charge on any atom is 0.0810 e. The highest BCUT2D eigenvalue weighted by atomic mass is 35.5. The van der Waals surface area contributed by atoms with Crippen molar-refractivity contribution in [1.29, 1.82) is 0 Å². The Kier molecular flexibility index (Phi) is 25.2. The molecule has 2 nitrogen and oxygen atoms in total. The number of hydrogen-bond acceptors (Lipinski definition) is 2. The topological polar surface area (TPSA) is 18.5 Å². The first-order valence-corrected chi connectivity index (χ1v) is 13.7. The van der Waals surface area contributed by atoms with Crippen molar-refractivity contribution >= 4 is 11.6 Å². The maximum absolute atomic E-state index is 5.97. The van der Waals surface area contributed by atoms with Gasteiger partial charge >= 0.3 is 0 Å². The van der Waals surface area contributed by atoms with Crippen molar-refractivity contribution in [1.82, 2.24) is 0 Å². The Bertz CT molecular complexity index is 438. The van der Waals surface area contributed by atoms with Crippen LogP contribution < -0.4 is 0 Å². The summed E-state index contributed by atoms with van der Waals surface area (Å²) in [4.78, 5) is 0. The Morgan fingerprint density at radius 1 is 0.710 bits per heavy atom. The molecule has 0 spiro atoms. The summed E-state index contributed by atoms with van der Waals surface area (Å²) >= 11 is 5.70. The molecule has 0 aliphatic carbocycles. The van der Waals surface area contributed by atoms with Gasteiger partial charge in [0.15, 0.2) is 0 Å². The molecule has 1 atom stereocenters. The number of ether oxygens (including phenoxy) is 2. The van der Waals surface area contributed by atoms with Crippen LogP contribution in [0.3, 0.4) is 0 Å². The van der Waals surface area contributed by atoms with Crippen LogP contribution in [0, 0.1) is 0 Å². The molecular weight excluding hydrogens is 404 g/mol. The van der Waals surface area contributed by atoms with E-state index in [-0.39, 0.29) is 6.10 Å². The lowest BCUT2D eigenvalue weighted by Gasteiger charge is -2.16. The standard InChI is InChI=1S/C26H45ClO2.C2H6/c1-2-26(29-23-25-19-15-14-16-20-25)24-28-22-18-13-11-9-7-5-3-4-6-8-10-12-17-21-27;1-2/h14-16,19-20,26H,2-13,17-18,21-24H2,1H3;1-2H3. The van der Waals surface area contributed by atoms with E-state index in [0.717, 1.165) is 25.5 Å². The number of hydrogen-bond donors (Lipinski definition) is 0. The Balaban J connectivity index is 0.00000436. The van der Waals surface area contributed by atoms with Gasteiger partial charge in [-0.25, -0.2) is 0 Å². The molecule has 182 valence electrons. The van der Waals surface area contributed by atoms with Gasteiger partial charge < -0.3 is 9.47 Å². The summed E-state index contributed by atoms with van der Waals surface area (Å²) in [7, 11) is 0. The van der Waals surface area contributed by atoms with E-state index in [1.165, 1.54) is 89.0 Å². The van der Waals surface area contributed by atoms with E-state index in [1.807, 2.05) is 19.9 Å². The zero-order chi connectivity index (χ0) is 22.8. The molecule has 1 rings (SSSR count). The molecule has 0 N–H and O–H groups in total. The lowest BCUT2D eigenvalue weighted by atomic mass is 10.0. The van der Waals surface area contributed by atoms with E-state index < -0.39 is 0 Å². The second kappa shape index (κ2) is 25.7. The molecule has 0 aromatic heterocycles. The maximum atomic E-state index is 5.97. The molecule has 1 aromatic rings.